The molecule has 49 heavy (non-hydrogen) atoms. The van der Waals surface area contributed by atoms with Crippen LogP contribution in [0.5, 0.6) is 0 Å². The van der Waals surface area contributed by atoms with Crippen molar-refractivity contribution in [3.05, 3.63) is 48.6 Å². The third-order valence-electron chi connectivity index (χ3n) is 8.41. The zero-order chi connectivity index (χ0) is 35.7. The molecule has 0 fully saturated rings. The standard InChI is InChI=1S/C46H70O3/c1-3-5-6-7-8-9-10-11-12-13-14-15-16-19-25-30-35-40-45(48)41-36-31-26-20-17-18-21-27-32-37-42-46(49)43-38-33-28-23-22-24-29-34-39-44(47)4-2/h1-2,5-6,17,20,34-35,39-40,44-49H,7-16,18-19,21-33,36,41H2/b6-5-,20-17-,39-34+,40-35+/t44-,45?,46-/m0/s1. The molecule has 0 heterocycles. The van der Waals surface area contributed by atoms with Gasteiger partial charge in [0.25, 0.3) is 0 Å². The molecule has 3 nitrogen and oxygen atoms in total. The fourth-order valence-electron chi connectivity index (χ4n) is 5.43. The maximum Gasteiger partial charge on any atom is 0.176 e. The van der Waals surface area contributed by atoms with Crippen molar-refractivity contribution in [3.63, 3.8) is 0 Å². The molecule has 0 amide bonds. The third-order valence-corrected chi connectivity index (χ3v) is 8.41. The summed E-state index contributed by atoms with van der Waals surface area (Å²) in [5, 5.41) is 29.4. The summed E-state index contributed by atoms with van der Waals surface area (Å²) in [4.78, 5) is 0. The van der Waals surface area contributed by atoms with E-state index in [9.17, 15) is 15.3 Å². The SMILES string of the molecule is C#C/C=C\CCCCCCCCCCCCC/C=C/C(O)CCCC/C=C\CCCCC#C[C@H](O)C#CCCCCCC/C=C/[C@@H](O)C#C. The number of hydrogen-bond donors (Lipinski definition) is 3. The second kappa shape index (κ2) is 39.5. The maximum absolute atomic E-state index is 10.2. The number of aliphatic hydroxyl groups excluding tert-OH is 3. The van der Waals surface area contributed by atoms with Crippen molar-refractivity contribution >= 4 is 0 Å². The van der Waals surface area contributed by atoms with Crippen molar-refractivity contribution in [2.75, 3.05) is 0 Å². The Labute approximate surface area is 303 Å². The lowest BCUT2D eigenvalue weighted by Gasteiger charge is -2.04. The highest BCUT2D eigenvalue weighted by Gasteiger charge is 1.99. The lowest BCUT2D eigenvalue weighted by atomic mass is 10.0. The summed E-state index contributed by atoms with van der Waals surface area (Å²) < 4.78 is 0. The first-order valence-corrected chi connectivity index (χ1v) is 19.7. The second-order valence-electron chi connectivity index (χ2n) is 13.1. The highest BCUT2D eigenvalue weighted by atomic mass is 16.3. The summed E-state index contributed by atoms with van der Waals surface area (Å²) in [5.74, 6) is 16.6. The van der Waals surface area contributed by atoms with E-state index in [-0.39, 0.29) is 6.10 Å². The van der Waals surface area contributed by atoms with Gasteiger partial charge in [-0.1, -0.05) is 149 Å². The number of unbranched alkanes of at least 4 members (excludes halogenated alkanes) is 22. The first kappa shape index (κ1) is 46.1. The summed E-state index contributed by atoms with van der Waals surface area (Å²) in [6.45, 7) is 0. The van der Waals surface area contributed by atoms with Gasteiger partial charge in [-0.15, -0.1) is 12.8 Å². The normalized spacial score (nSPS) is 13.2. The Morgan fingerprint density at radius 1 is 0.449 bits per heavy atom. The van der Waals surface area contributed by atoms with Gasteiger partial charge in [0.15, 0.2) is 6.10 Å². The quantitative estimate of drug-likeness (QED) is 0.0391. The van der Waals surface area contributed by atoms with E-state index in [1.54, 1.807) is 6.08 Å². The number of allylic oxidation sites excluding steroid dienone is 6. The molecule has 272 valence electrons. The second-order valence-corrected chi connectivity index (χ2v) is 13.1. The molecule has 0 saturated carbocycles. The lowest BCUT2D eigenvalue weighted by molar-refractivity contribution is 0.208. The molecule has 0 aliphatic rings. The van der Waals surface area contributed by atoms with E-state index in [2.05, 4.69) is 59.8 Å². The maximum atomic E-state index is 10.2. The average molecular weight is 671 g/mol. The van der Waals surface area contributed by atoms with Gasteiger partial charge in [-0.3, -0.25) is 0 Å². The van der Waals surface area contributed by atoms with Crippen LogP contribution in [0.15, 0.2) is 48.6 Å². The van der Waals surface area contributed by atoms with Gasteiger partial charge in [0, 0.05) is 12.8 Å². The molecule has 0 saturated heterocycles. The molecule has 0 radical (unpaired) electrons. The van der Waals surface area contributed by atoms with Gasteiger partial charge in [0.1, 0.15) is 6.10 Å². The van der Waals surface area contributed by atoms with Gasteiger partial charge in [-0.2, -0.15) is 0 Å². The van der Waals surface area contributed by atoms with Crippen molar-refractivity contribution in [1.29, 1.82) is 0 Å². The van der Waals surface area contributed by atoms with E-state index in [0.29, 0.717) is 0 Å². The molecule has 0 aliphatic heterocycles. The van der Waals surface area contributed by atoms with Gasteiger partial charge in [-0.25, -0.2) is 0 Å². The number of rotatable bonds is 31. The van der Waals surface area contributed by atoms with Crippen molar-refractivity contribution in [1.82, 2.24) is 0 Å². The average Bonchev–Trinajstić information content (AvgIpc) is 3.10. The van der Waals surface area contributed by atoms with Crippen molar-refractivity contribution in [2.45, 2.75) is 192 Å². The Kier molecular flexibility index (Phi) is 37.2. The fraction of sp³-hybridized carbons (Fsp3) is 0.652. The highest BCUT2D eigenvalue weighted by Crippen LogP contribution is 2.13. The van der Waals surface area contributed by atoms with Gasteiger partial charge >= 0.3 is 0 Å². The van der Waals surface area contributed by atoms with Gasteiger partial charge < -0.3 is 15.3 Å². The minimum Gasteiger partial charge on any atom is -0.389 e. The molecule has 3 heteroatoms. The molecule has 1 unspecified atom stereocenters. The molecule has 0 aromatic rings. The predicted molar refractivity (Wildman–Crippen MR) is 212 cm³/mol. The summed E-state index contributed by atoms with van der Waals surface area (Å²) in [6, 6.07) is 0. The van der Waals surface area contributed by atoms with E-state index in [0.717, 1.165) is 103 Å². The van der Waals surface area contributed by atoms with Crippen LogP contribution in [0.2, 0.25) is 0 Å². The topological polar surface area (TPSA) is 60.7 Å². The molecule has 0 aliphatic carbocycles. The Bertz CT molecular complexity index is 1060. The molecule has 0 aromatic carbocycles. The van der Waals surface area contributed by atoms with Crippen LogP contribution in [-0.4, -0.2) is 33.6 Å². The molecular formula is C46H70O3. The summed E-state index contributed by atoms with van der Waals surface area (Å²) >= 11 is 0. The summed E-state index contributed by atoms with van der Waals surface area (Å²) in [6.07, 6.45) is 55.6. The monoisotopic (exact) mass is 671 g/mol. The molecular weight excluding hydrogens is 601 g/mol. The van der Waals surface area contributed by atoms with Crippen molar-refractivity contribution in [3.8, 4) is 48.4 Å². The Balaban J connectivity index is 3.51. The fourth-order valence-corrected chi connectivity index (χ4v) is 5.43. The smallest absolute Gasteiger partial charge is 0.176 e. The molecule has 0 aromatic heterocycles. The van der Waals surface area contributed by atoms with Gasteiger partial charge in [-0.05, 0) is 95.6 Å². The molecule has 3 N–H and O–H groups in total. The minimum absolute atomic E-state index is 0.306. The van der Waals surface area contributed by atoms with Crippen LogP contribution in [0.4, 0.5) is 0 Å². The van der Waals surface area contributed by atoms with E-state index < -0.39 is 12.2 Å². The van der Waals surface area contributed by atoms with E-state index >= 15 is 0 Å². The molecule has 0 spiro atoms. The van der Waals surface area contributed by atoms with Crippen LogP contribution < -0.4 is 0 Å². The van der Waals surface area contributed by atoms with Crippen molar-refractivity contribution < 1.29 is 15.3 Å². The number of terminal acetylenes is 2. The zero-order valence-electron chi connectivity index (χ0n) is 30.9. The summed E-state index contributed by atoms with van der Waals surface area (Å²) in [7, 11) is 0. The van der Waals surface area contributed by atoms with Crippen LogP contribution in [0.25, 0.3) is 0 Å². The highest BCUT2D eigenvalue weighted by molar-refractivity contribution is 5.19. The van der Waals surface area contributed by atoms with E-state index in [1.807, 2.05) is 18.2 Å². The molecule has 3 atom stereocenters. The number of hydrogen-bond acceptors (Lipinski definition) is 3. The predicted octanol–water partition coefficient (Wildman–Crippen LogP) is 11.1. The largest absolute Gasteiger partial charge is 0.389 e. The van der Waals surface area contributed by atoms with Crippen LogP contribution in [-0.2, 0) is 0 Å². The van der Waals surface area contributed by atoms with Gasteiger partial charge in [0.05, 0.1) is 6.10 Å². The van der Waals surface area contributed by atoms with E-state index in [1.165, 1.54) is 70.6 Å². The first-order chi connectivity index (χ1) is 24.1. The van der Waals surface area contributed by atoms with Gasteiger partial charge in [0.2, 0.25) is 0 Å². The molecule has 0 rings (SSSR count). The van der Waals surface area contributed by atoms with Crippen LogP contribution >= 0.6 is 0 Å². The molecule has 0 bridgehead atoms. The number of aliphatic hydroxyl groups is 3. The van der Waals surface area contributed by atoms with Crippen molar-refractivity contribution in [2.24, 2.45) is 0 Å². The first-order valence-electron chi connectivity index (χ1n) is 19.7. The minimum atomic E-state index is -0.851. The van der Waals surface area contributed by atoms with Crippen LogP contribution in [0, 0.1) is 48.4 Å². The lowest BCUT2D eigenvalue weighted by Crippen LogP contribution is -2.01. The Morgan fingerprint density at radius 3 is 1.39 bits per heavy atom. The van der Waals surface area contributed by atoms with Crippen LogP contribution in [0.3, 0.4) is 0 Å². The third kappa shape index (κ3) is 39.4. The zero-order valence-corrected chi connectivity index (χ0v) is 30.9. The summed E-state index contributed by atoms with van der Waals surface area (Å²) in [5.41, 5.74) is 0. The van der Waals surface area contributed by atoms with Crippen LogP contribution in [0.1, 0.15) is 173 Å². The Morgan fingerprint density at radius 2 is 0.857 bits per heavy atom. The Hall–Kier alpha value is -2.92. The van der Waals surface area contributed by atoms with E-state index in [4.69, 9.17) is 12.8 Å².